The third-order valence-corrected chi connectivity index (χ3v) is 13.3. The van der Waals surface area contributed by atoms with Crippen LogP contribution in [-0.4, -0.2) is 4.57 Å². The van der Waals surface area contributed by atoms with Gasteiger partial charge >= 0.3 is 0 Å². The largest absolute Gasteiger partial charge is 0.310 e. The first-order valence-corrected chi connectivity index (χ1v) is 21.3. The van der Waals surface area contributed by atoms with Crippen LogP contribution in [0.2, 0.25) is 0 Å². The van der Waals surface area contributed by atoms with E-state index in [1.807, 2.05) is 0 Å². The standard InChI is InChI=1S/C57H43N3/c1-4-17-43(18-5-1)58(44-19-6-2-7-20-44)46-29-27-41-33-35-57(52(41)37-46)36-34-42-28-30-47(38-53(42)57)59(54-26-14-16-40-15-10-11-23-49(40)54)48-31-32-51-50-24-12-13-25-55(50)60(56(51)39-48)45-21-8-3-9-22-45/h1-32,37-39H,33-36H2/t57-/m1/s1. The summed E-state index contributed by atoms with van der Waals surface area (Å²) < 4.78 is 2.42. The van der Waals surface area contributed by atoms with E-state index in [9.17, 15) is 0 Å². The van der Waals surface area contributed by atoms with Gasteiger partial charge in [0.05, 0.1) is 16.7 Å². The summed E-state index contributed by atoms with van der Waals surface area (Å²) in [6.07, 6.45) is 4.41. The first-order chi connectivity index (χ1) is 29.7. The molecule has 12 rings (SSSR count). The smallest absolute Gasteiger partial charge is 0.0561 e. The molecule has 0 fully saturated rings. The van der Waals surface area contributed by atoms with Gasteiger partial charge in [-0.1, -0.05) is 127 Å². The molecule has 0 saturated heterocycles. The number of benzene rings is 9. The summed E-state index contributed by atoms with van der Waals surface area (Å²) in [5.74, 6) is 0. The zero-order valence-corrected chi connectivity index (χ0v) is 33.4. The van der Waals surface area contributed by atoms with Gasteiger partial charge in [-0.2, -0.15) is 0 Å². The molecule has 3 nitrogen and oxygen atoms in total. The Hall–Kier alpha value is -7.36. The third kappa shape index (κ3) is 5.43. The van der Waals surface area contributed by atoms with Crippen molar-refractivity contribution in [3.8, 4) is 5.69 Å². The van der Waals surface area contributed by atoms with E-state index in [0.717, 1.165) is 37.1 Å². The summed E-state index contributed by atoms with van der Waals surface area (Å²) in [5.41, 5.74) is 16.5. The van der Waals surface area contributed by atoms with E-state index in [4.69, 9.17) is 0 Å². The first kappa shape index (κ1) is 34.7. The minimum Gasteiger partial charge on any atom is -0.310 e. The number of fused-ring (bicyclic) bond motifs is 8. The van der Waals surface area contributed by atoms with E-state index in [-0.39, 0.29) is 5.41 Å². The van der Waals surface area contributed by atoms with Crippen LogP contribution in [0.4, 0.5) is 34.1 Å². The van der Waals surface area contributed by atoms with Crippen LogP contribution in [0, 0.1) is 0 Å². The van der Waals surface area contributed by atoms with Crippen molar-refractivity contribution in [2.45, 2.75) is 31.1 Å². The van der Waals surface area contributed by atoms with Gasteiger partial charge in [0.15, 0.2) is 0 Å². The molecule has 0 aliphatic heterocycles. The minimum absolute atomic E-state index is 0.0517. The van der Waals surface area contributed by atoms with E-state index >= 15 is 0 Å². The Bertz CT molecular complexity index is 3170. The molecule has 1 aromatic heterocycles. The molecule has 1 heterocycles. The second-order valence-corrected chi connectivity index (χ2v) is 16.5. The monoisotopic (exact) mass is 769 g/mol. The lowest BCUT2D eigenvalue weighted by Crippen LogP contribution is -2.22. The molecule has 286 valence electrons. The van der Waals surface area contributed by atoms with Gasteiger partial charge < -0.3 is 14.4 Å². The van der Waals surface area contributed by atoms with Crippen LogP contribution in [0.3, 0.4) is 0 Å². The lowest BCUT2D eigenvalue weighted by atomic mass is 9.76. The van der Waals surface area contributed by atoms with Gasteiger partial charge in [-0.25, -0.2) is 0 Å². The van der Waals surface area contributed by atoms with Crippen molar-refractivity contribution in [1.29, 1.82) is 0 Å². The number of nitrogens with zero attached hydrogens (tertiary/aromatic N) is 3. The Kier molecular flexibility index (Phi) is 8.02. The molecule has 2 aliphatic carbocycles. The fourth-order valence-corrected chi connectivity index (χ4v) is 10.6. The summed E-state index contributed by atoms with van der Waals surface area (Å²) in [6.45, 7) is 0. The second-order valence-electron chi connectivity index (χ2n) is 16.5. The van der Waals surface area contributed by atoms with Crippen LogP contribution >= 0.6 is 0 Å². The fraction of sp³-hybridized carbons (Fsp3) is 0.0877. The van der Waals surface area contributed by atoms with Crippen molar-refractivity contribution >= 4 is 66.7 Å². The molecule has 60 heavy (non-hydrogen) atoms. The zero-order valence-electron chi connectivity index (χ0n) is 33.4. The van der Waals surface area contributed by atoms with Gasteiger partial charge in [-0.15, -0.1) is 0 Å². The number of anilines is 6. The van der Waals surface area contributed by atoms with Crippen LogP contribution in [-0.2, 0) is 18.3 Å². The second kappa shape index (κ2) is 13.9. The lowest BCUT2D eigenvalue weighted by molar-refractivity contribution is 0.507. The molecule has 0 radical (unpaired) electrons. The highest BCUT2D eigenvalue weighted by Gasteiger charge is 2.45. The topological polar surface area (TPSA) is 11.4 Å². The van der Waals surface area contributed by atoms with Crippen molar-refractivity contribution in [3.63, 3.8) is 0 Å². The normalized spacial score (nSPS) is 15.5. The number of hydrogen-bond acceptors (Lipinski definition) is 2. The molecule has 0 amide bonds. The molecule has 0 bridgehead atoms. The fourth-order valence-electron chi connectivity index (χ4n) is 10.6. The average Bonchev–Trinajstić information content (AvgIpc) is 3.99. The number of aromatic nitrogens is 1. The van der Waals surface area contributed by atoms with Crippen molar-refractivity contribution < 1.29 is 0 Å². The van der Waals surface area contributed by atoms with Crippen LogP contribution in [0.15, 0.2) is 212 Å². The predicted octanol–water partition coefficient (Wildman–Crippen LogP) is 15.1. The van der Waals surface area contributed by atoms with E-state index in [1.165, 1.54) is 83.3 Å². The van der Waals surface area contributed by atoms with Gasteiger partial charge in [-0.3, -0.25) is 0 Å². The maximum atomic E-state index is 2.55. The van der Waals surface area contributed by atoms with E-state index in [2.05, 4.69) is 227 Å². The highest BCUT2D eigenvalue weighted by Crippen LogP contribution is 2.55. The number of para-hydroxylation sites is 4. The van der Waals surface area contributed by atoms with Gasteiger partial charge in [0, 0.05) is 55.7 Å². The van der Waals surface area contributed by atoms with Crippen LogP contribution in [0.25, 0.3) is 38.3 Å². The van der Waals surface area contributed by atoms with Crippen LogP contribution < -0.4 is 9.80 Å². The summed E-state index contributed by atoms with van der Waals surface area (Å²) in [5, 5.41) is 4.98. The molecular weight excluding hydrogens is 727 g/mol. The van der Waals surface area contributed by atoms with E-state index in [0.29, 0.717) is 0 Å². The summed E-state index contributed by atoms with van der Waals surface area (Å²) in [7, 11) is 0. The van der Waals surface area contributed by atoms with Crippen molar-refractivity contribution in [3.05, 3.63) is 235 Å². The average molecular weight is 770 g/mol. The summed E-state index contributed by atoms with van der Waals surface area (Å²) in [6, 6.07) is 78.4. The molecular formula is C57H43N3. The van der Waals surface area contributed by atoms with Gasteiger partial charge in [0.2, 0.25) is 0 Å². The van der Waals surface area contributed by atoms with E-state index in [1.54, 1.807) is 0 Å². The molecule has 9 aromatic carbocycles. The lowest BCUT2D eigenvalue weighted by Gasteiger charge is -2.32. The predicted molar refractivity (Wildman–Crippen MR) is 252 cm³/mol. The molecule has 3 heteroatoms. The Morgan fingerprint density at radius 3 is 1.57 bits per heavy atom. The van der Waals surface area contributed by atoms with Crippen molar-refractivity contribution in [1.82, 2.24) is 4.57 Å². The van der Waals surface area contributed by atoms with Crippen LogP contribution in [0.1, 0.15) is 35.1 Å². The van der Waals surface area contributed by atoms with Gasteiger partial charge in [0.25, 0.3) is 0 Å². The molecule has 10 aromatic rings. The number of aryl methyl sites for hydroxylation is 2. The third-order valence-electron chi connectivity index (χ3n) is 13.3. The van der Waals surface area contributed by atoms with E-state index < -0.39 is 0 Å². The summed E-state index contributed by atoms with van der Waals surface area (Å²) in [4.78, 5) is 4.92. The maximum Gasteiger partial charge on any atom is 0.0561 e. The molecule has 0 N–H and O–H groups in total. The van der Waals surface area contributed by atoms with Crippen molar-refractivity contribution in [2.24, 2.45) is 0 Å². The molecule has 1 atom stereocenters. The Morgan fingerprint density at radius 1 is 0.367 bits per heavy atom. The first-order valence-electron chi connectivity index (χ1n) is 21.3. The minimum atomic E-state index is -0.0517. The van der Waals surface area contributed by atoms with Gasteiger partial charge in [0.1, 0.15) is 0 Å². The highest BCUT2D eigenvalue weighted by molar-refractivity contribution is 6.11. The Balaban J connectivity index is 1.05. The highest BCUT2D eigenvalue weighted by atomic mass is 15.2. The molecule has 1 spiro atoms. The Labute approximate surface area is 351 Å². The maximum absolute atomic E-state index is 2.55. The molecule has 0 saturated carbocycles. The quantitative estimate of drug-likeness (QED) is 0.160. The number of rotatable bonds is 7. The van der Waals surface area contributed by atoms with Gasteiger partial charge in [-0.05, 0) is 138 Å². The zero-order chi connectivity index (χ0) is 39.6. The SMILES string of the molecule is c1ccc(N(c2ccccc2)c2ccc3c(c2)[C@@]2(CC3)CCc3ccc(N(c4ccc5c6ccccc6n(-c6ccccc6)c5c4)c4cccc5ccccc45)cc32)cc1. The van der Waals surface area contributed by atoms with Crippen LogP contribution in [0.5, 0.6) is 0 Å². The van der Waals surface area contributed by atoms with Crippen molar-refractivity contribution in [2.75, 3.05) is 9.80 Å². The molecule has 0 unspecified atom stereocenters. The summed E-state index contributed by atoms with van der Waals surface area (Å²) >= 11 is 0. The molecule has 2 aliphatic rings. The number of hydrogen-bond donors (Lipinski definition) is 0. The Morgan fingerprint density at radius 2 is 0.883 bits per heavy atom.